The quantitative estimate of drug-likeness (QED) is 0.798. The van der Waals surface area contributed by atoms with Crippen LogP contribution in [0.2, 0.25) is 0 Å². The highest BCUT2D eigenvalue weighted by Gasteiger charge is 2.40. The van der Waals surface area contributed by atoms with Gasteiger partial charge in [-0.15, -0.1) is 11.3 Å². The zero-order valence-corrected chi connectivity index (χ0v) is 13.6. The summed E-state index contributed by atoms with van der Waals surface area (Å²) in [6.45, 7) is 4.19. The van der Waals surface area contributed by atoms with Gasteiger partial charge in [0.05, 0.1) is 12.2 Å². The molecule has 106 valence electrons. The van der Waals surface area contributed by atoms with E-state index in [1.807, 2.05) is 23.1 Å². The zero-order chi connectivity index (χ0) is 14.0. The zero-order valence-electron chi connectivity index (χ0n) is 11.9. The summed E-state index contributed by atoms with van der Waals surface area (Å²) in [7, 11) is 0. The van der Waals surface area contributed by atoms with Crippen LogP contribution in [0.5, 0.6) is 0 Å². The molecule has 2 aliphatic heterocycles. The fourth-order valence-electron chi connectivity index (χ4n) is 3.23. The smallest absolute Gasteiger partial charge is 0.168 e. The van der Waals surface area contributed by atoms with E-state index >= 15 is 0 Å². The monoisotopic (exact) mass is 312 g/mol. The van der Waals surface area contributed by atoms with Crippen molar-refractivity contribution in [1.82, 2.24) is 4.90 Å². The molecular weight excluding hydrogens is 296 g/mol. The number of thioether (sulfide) groups is 1. The Morgan fingerprint density at radius 1 is 1.24 bits per heavy atom. The molecule has 2 aromatic rings. The maximum absolute atomic E-state index is 4.67. The molecule has 0 N–H and O–H groups in total. The fraction of sp³-hybridized carbons (Fsp3) is 0.353. The Bertz CT molecular complexity index is 811. The van der Waals surface area contributed by atoms with Crippen molar-refractivity contribution in [3.63, 3.8) is 0 Å². The minimum Gasteiger partial charge on any atom is -0.318 e. The molecule has 1 aromatic heterocycles. The van der Waals surface area contributed by atoms with Crippen LogP contribution in [0.15, 0.2) is 34.2 Å². The molecule has 0 amide bonds. The molecule has 5 rings (SSSR count). The van der Waals surface area contributed by atoms with Crippen molar-refractivity contribution in [1.29, 1.82) is 0 Å². The van der Waals surface area contributed by atoms with E-state index < -0.39 is 0 Å². The summed E-state index contributed by atoms with van der Waals surface area (Å²) in [5, 5.41) is 2.60. The summed E-state index contributed by atoms with van der Waals surface area (Å²) in [6, 6.07) is 9.24. The third-order valence-electron chi connectivity index (χ3n) is 4.37. The largest absolute Gasteiger partial charge is 0.318 e. The molecule has 1 fully saturated rings. The van der Waals surface area contributed by atoms with E-state index in [0.29, 0.717) is 0 Å². The van der Waals surface area contributed by atoms with E-state index in [1.54, 1.807) is 4.91 Å². The van der Waals surface area contributed by atoms with Gasteiger partial charge in [-0.05, 0) is 43.2 Å². The second kappa shape index (κ2) is 4.37. The van der Waals surface area contributed by atoms with E-state index in [1.165, 1.54) is 44.2 Å². The van der Waals surface area contributed by atoms with Gasteiger partial charge in [0.15, 0.2) is 5.17 Å². The van der Waals surface area contributed by atoms with Gasteiger partial charge >= 0.3 is 0 Å². The highest BCUT2D eigenvalue weighted by molar-refractivity contribution is 8.17. The Balaban J connectivity index is 1.68. The Morgan fingerprint density at radius 3 is 3.00 bits per heavy atom. The molecule has 4 heteroatoms. The summed E-state index contributed by atoms with van der Waals surface area (Å²) < 4.78 is 1.40. The normalized spacial score (nSPS) is 21.4. The topological polar surface area (TPSA) is 15.6 Å². The van der Waals surface area contributed by atoms with Crippen LogP contribution < -0.4 is 0 Å². The Kier molecular flexibility index (Phi) is 2.56. The van der Waals surface area contributed by atoms with Gasteiger partial charge in [-0.25, -0.2) is 0 Å². The summed E-state index contributed by atoms with van der Waals surface area (Å²) in [5.74, 6) is 0.791. The number of hydrogen-bond donors (Lipinski definition) is 0. The SMILES string of the molecule is Cc1cc2ccc(C3=C(C4CC4)SC4=NCCN43)cc2s1. The lowest BCUT2D eigenvalue weighted by Crippen LogP contribution is -2.20. The van der Waals surface area contributed by atoms with Crippen LogP contribution in [0.3, 0.4) is 0 Å². The van der Waals surface area contributed by atoms with Gasteiger partial charge in [0.1, 0.15) is 0 Å². The number of fused-ring (bicyclic) bond motifs is 2. The van der Waals surface area contributed by atoms with Crippen LogP contribution >= 0.6 is 23.1 Å². The third-order valence-corrected chi connectivity index (χ3v) is 6.66. The van der Waals surface area contributed by atoms with E-state index in [-0.39, 0.29) is 0 Å². The molecule has 3 heterocycles. The number of amidine groups is 1. The first-order chi connectivity index (χ1) is 10.3. The van der Waals surface area contributed by atoms with Crippen molar-refractivity contribution >= 4 is 44.0 Å². The van der Waals surface area contributed by atoms with Crippen molar-refractivity contribution in [3.8, 4) is 0 Å². The predicted molar refractivity (Wildman–Crippen MR) is 92.8 cm³/mol. The minimum atomic E-state index is 0.791. The lowest BCUT2D eigenvalue weighted by Gasteiger charge is -2.17. The second-order valence-electron chi connectivity index (χ2n) is 6.01. The van der Waals surface area contributed by atoms with Gasteiger partial charge in [-0.2, -0.15) is 0 Å². The van der Waals surface area contributed by atoms with Crippen molar-refractivity contribution < 1.29 is 0 Å². The van der Waals surface area contributed by atoms with Crippen LogP contribution in [0.25, 0.3) is 15.8 Å². The first-order valence-electron chi connectivity index (χ1n) is 7.54. The molecule has 2 nitrogen and oxygen atoms in total. The molecule has 1 aromatic carbocycles. The number of nitrogens with zero attached hydrogens (tertiary/aromatic N) is 2. The predicted octanol–water partition coefficient (Wildman–Crippen LogP) is 4.71. The number of allylic oxidation sites excluding steroid dienone is 1. The lowest BCUT2D eigenvalue weighted by molar-refractivity contribution is 0.645. The van der Waals surface area contributed by atoms with E-state index in [9.17, 15) is 0 Å². The highest BCUT2D eigenvalue weighted by atomic mass is 32.2. The van der Waals surface area contributed by atoms with Gasteiger partial charge in [-0.3, -0.25) is 4.99 Å². The molecule has 0 saturated heterocycles. The van der Waals surface area contributed by atoms with E-state index in [2.05, 4.69) is 41.1 Å². The summed E-state index contributed by atoms with van der Waals surface area (Å²) in [4.78, 5) is 10.1. The fourth-order valence-corrected chi connectivity index (χ4v) is 5.57. The van der Waals surface area contributed by atoms with Crippen LogP contribution in [0.1, 0.15) is 23.3 Å². The molecule has 0 radical (unpaired) electrons. The lowest BCUT2D eigenvalue weighted by atomic mass is 10.1. The molecule has 0 unspecified atom stereocenters. The van der Waals surface area contributed by atoms with Crippen LogP contribution in [0, 0.1) is 12.8 Å². The summed E-state index contributed by atoms with van der Waals surface area (Å²) in [6.07, 6.45) is 2.71. The van der Waals surface area contributed by atoms with Crippen LogP contribution in [0.4, 0.5) is 0 Å². The standard InChI is InChI=1S/C17H16N2S2/c1-10-8-12-4-5-13(9-14(12)20-10)15-16(11-2-3-11)21-17-18-6-7-19(15)17/h4-5,8-9,11H,2-3,6-7H2,1H3. The average molecular weight is 312 g/mol. The number of hydrogen-bond acceptors (Lipinski definition) is 4. The van der Waals surface area contributed by atoms with Crippen molar-refractivity contribution in [2.75, 3.05) is 13.1 Å². The van der Waals surface area contributed by atoms with E-state index in [4.69, 9.17) is 0 Å². The van der Waals surface area contributed by atoms with Gasteiger partial charge in [0, 0.05) is 26.6 Å². The second-order valence-corrected chi connectivity index (χ2v) is 8.31. The number of thiophene rings is 1. The molecule has 1 aliphatic carbocycles. The maximum atomic E-state index is 4.67. The van der Waals surface area contributed by atoms with Crippen molar-refractivity contribution in [2.45, 2.75) is 19.8 Å². The molecule has 3 aliphatic rings. The molecule has 0 atom stereocenters. The van der Waals surface area contributed by atoms with Gasteiger partial charge in [0.25, 0.3) is 0 Å². The van der Waals surface area contributed by atoms with Crippen molar-refractivity contribution in [3.05, 3.63) is 39.6 Å². The minimum absolute atomic E-state index is 0.791. The molecule has 0 spiro atoms. The maximum Gasteiger partial charge on any atom is 0.168 e. The van der Waals surface area contributed by atoms with E-state index in [0.717, 1.165) is 19.0 Å². The Hall–Kier alpha value is -1.26. The average Bonchev–Trinajstić information content (AvgIpc) is 2.93. The molecular formula is C17H16N2S2. The third kappa shape index (κ3) is 1.89. The first kappa shape index (κ1) is 12.3. The number of aliphatic imine (C=N–C) groups is 1. The molecule has 21 heavy (non-hydrogen) atoms. The number of rotatable bonds is 2. The van der Waals surface area contributed by atoms with Crippen molar-refractivity contribution in [2.24, 2.45) is 10.9 Å². The highest BCUT2D eigenvalue weighted by Crippen LogP contribution is 2.52. The Labute approximate surface area is 132 Å². The van der Waals surface area contributed by atoms with Crippen LogP contribution in [-0.2, 0) is 0 Å². The molecule has 0 bridgehead atoms. The first-order valence-corrected chi connectivity index (χ1v) is 9.17. The Morgan fingerprint density at radius 2 is 2.14 bits per heavy atom. The number of benzene rings is 1. The van der Waals surface area contributed by atoms with Gasteiger partial charge in [0.2, 0.25) is 0 Å². The van der Waals surface area contributed by atoms with Crippen LogP contribution in [-0.4, -0.2) is 23.2 Å². The summed E-state index contributed by atoms with van der Waals surface area (Å²) >= 11 is 3.82. The van der Waals surface area contributed by atoms with Gasteiger partial charge in [-0.1, -0.05) is 23.9 Å². The van der Waals surface area contributed by atoms with Gasteiger partial charge < -0.3 is 4.90 Å². The summed E-state index contributed by atoms with van der Waals surface area (Å²) in [5.41, 5.74) is 2.83. The molecule has 1 saturated carbocycles. The number of aryl methyl sites for hydroxylation is 1.